The molecule has 2 aromatic rings. The molecular formula is C22H29N3O2. The fourth-order valence-electron chi connectivity index (χ4n) is 2.74. The molecule has 5 heteroatoms. The van der Waals surface area contributed by atoms with E-state index in [2.05, 4.69) is 19.2 Å². The maximum absolute atomic E-state index is 12.1. The number of amides is 2. The Hall–Kier alpha value is -2.66. The molecule has 0 fully saturated rings. The molecule has 3 N–H and O–H groups in total. The first-order valence-corrected chi connectivity index (χ1v) is 9.34. The molecule has 0 radical (unpaired) electrons. The minimum atomic E-state index is -0.0465. The van der Waals surface area contributed by atoms with E-state index in [4.69, 9.17) is 5.73 Å². The molecule has 0 spiro atoms. The van der Waals surface area contributed by atoms with Crippen molar-refractivity contribution in [3.8, 4) is 11.1 Å². The fourth-order valence-corrected chi connectivity index (χ4v) is 2.74. The first-order chi connectivity index (χ1) is 12.9. The standard InChI is InChI=1S/C22H29N3O2/c1-16(2)14-24-22(27)21-10-8-20(9-11-21)19-6-4-18(5-7-19)15-25(13-12-23)17(3)26/h4-11,16H,12-15,23H2,1-3H3,(H,24,27). The van der Waals surface area contributed by atoms with Gasteiger partial charge in [-0.1, -0.05) is 50.2 Å². The molecule has 2 aromatic carbocycles. The Kier molecular flexibility index (Phi) is 7.55. The van der Waals surface area contributed by atoms with Gasteiger partial charge in [0.1, 0.15) is 0 Å². The second-order valence-electron chi connectivity index (χ2n) is 7.11. The number of nitrogens with two attached hydrogens (primary N) is 1. The van der Waals surface area contributed by atoms with Crippen molar-refractivity contribution in [1.29, 1.82) is 0 Å². The monoisotopic (exact) mass is 367 g/mol. The molecule has 0 unspecified atom stereocenters. The number of hydrogen-bond acceptors (Lipinski definition) is 3. The molecule has 0 saturated heterocycles. The van der Waals surface area contributed by atoms with Gasteiger partial charge >= 0.3 is 0 Å². The third-order valence-corrected chi connectivity index (χ3v) is 4.32. The van der Waals surface area contributed by atoms with Crippen molar-refractivity contribution >= 4 is 11.8 Å². The summed E-state index contributed by atoms with van der Waals surface area (Å²) in [5, 5.41) is 2.92. The summed E-state index contributed by atoms with van der Waals surface area (Å²) in [7, 11) is 0. The van der Waals surface area contributed by atoms with E-state index in [9.17, 15) is 9.59 Å². The van der Waals surface area contributed by atoms with Crippen molar-refractivity contribution in [2.45, 2.75) is 27.3 Å². The highest BCUT2D eigenvalue weighted by Crippen LogP contribution is 2.21. The van der Waals surface area contributed by atoms with Crippen LogP contribution in [0, 0.1) is 5.92 Å². The first-order valence-electron chi connectivity index (χ1n) is 9.34. The van der Waals surface area contributed by atoms with Gasteiger partial charge < -0.3 is 16.0 Å². The highest BCUT2D eigenvalue weighted by Gasteiger charge is 2.09. The minimum Gasteiger partial charge on any atom is -0.352 e. The molecule has 0 aliphatic rings. The van der Waals surface area contributed by atoms with Crippen LogP contribution >= 0.6 is 0 Å². The van der Waals surface area contributed by atoms with Crippen LogP contribution in [-0.2, 0) is 11.3 Å². The molecule has 2 rings (SSSR count). The summed E-state index contributed by atoms with van der Waals surface area (Å²) in [5.74, 6) is 0.404. The molecule has 0 atom stereocenters. The van der Waals surface area contributed by atoms with E-state index in [1.54, 1.807) is 11.8 Å². The smallest absolute Gasteiger partial charge is 0.251 e. The minimum absolute atomic E-state index is 0.0239. The lowest BCUT2D eigenvalue weighted by atomic mass is 10.0. The average molecular weight is 367 g/mol. The predicted octanol–water partition coefficient (Wildman–Crippen LogP) is 3.05. The summed E-state index contributed by atoms with van der Waals surface area (Å²) in [6.07, 6.45) is 0. The Labute approximate surface area is 161 Å². The topological polar surface area (TPSA) is 75.4 Å². The predicted molar refractivity (Wildman–Crippen MR) is 109 cm³/mol. The number of nitrogens with zero attached hydrogens (tertiary/aromatic N) is 1. The van der Waals surface area contributed by atoms with Crippen molar-refractivity contribution in [2.75, 3.05) is 19.6 Å². The van der Waals surface area contributed by atoms with Gasteiger partial charge in [0.2, 0.25) is 5.91 Å². The molecule has 0 heterocycles. The largest absolute Gasteiger partial charge is 0.352 e. The van der Waals surface area contributed by atoms with Crippen molar-refractivity contribution in [1.82, 2.24) is 10.2 Å². The summed E-state index contributed by atoms with van der Waals surface area (Å²) in [6, 6.07) is 15.7. The number of benzene rings is 2. The lowest BCUT2D eigenvalue weighted by molar-refractivity contribution is -0.129. The summed E-state index contributed by atoms with van der Waals surface area (Å²) in [6.45, 7) is 7.93. The van der Waals surface area contributed by atoms with Gasteiger partial charge in [-0.25, -0.2) is 0 Å². The molecule has 0 aromatic heterocycles. The lowest BCUT2D eigenvalue weighted by Crippen LogP contribution is -2.33. The van der Waals surface area contributed by atoms with Crippen LogP contribution in [0.4, 0.5) is 0 Å². The number of hydrogen-bond donors (Lipinski definition) is 2. The van der Waals surface area contributed by atoms with Crippen LogP contribution < -0.4 is 11.1 Å². The van der Waals surface area contributed by atoms with Crippen molar-refractivity contribution < 1.29 is 9.59 Å². The Balaban J connectivity index is 2.04. The van der Waals surface area contributed by atoms with E-state index in [1.807, 2.05) is 48.5 Å². The average Bonchev–Trinajstić information content (AvgIpc) is 2.66. The van der Waals surface area contributed by atoms with Gasteiger partial charge in [0, 0.05) is 38.7 Å². The normalized spacial score (nSPS) is 10.7. The molecule has 2 amide bonds. The summed E-state index contributed by atoms with van der Waals surface area (Å²) < 4.78 is 0. The van der Waals surface area contributed by atoms with Gasteiger partial charge in [-0.3, -0.25) is 9.59 Å². The quantitative estimate of drug-likeness (QED) is 0.753. The van der Waals surface area contributed by atoms with Crippen LogP contribution in [0.15, 0.2) is 48.5 Å². The fraction of sp³-hybridized carbons (Fsp3) is 0.364. The van der Waals surface area contributed by atoms with Crippen LogP contribution in [0.3, 0.4) is 0 Å². The maximum Gasteiger partial charge on any atom is 0.251 e. The molecule has 27 heavy (non-hydrogen) atoms. The van der Waals surface area contributed by atoms with E-state index in [-0.39, 0.29) is 11.8 Å². The number of carbonyl (C=O) groups is 2. The molecule has 0 bridgehead atoms. The van der Waals surface area contributed by atoms with Crippen molar-refractivity contribution in [2.24, 2.45) is 11.7 Å². The van der Waals surface area contributed by atoms with E-state index in [0.29, 0.717) is 37.7 Å². The van der Waals surface area contributed by atoms with Gasteiger partial charge in [0.05, 0.1) is 0 Å². The maximum atomic E-state index is 12.1. The number of nitrogens with one attached hydrogen (secondary N) is 1. The second-order valence-corrected chi connectivity index (χ2v) is 7.11. The van der Waals surface area contributed by atoms with E-state index in [1.165, 1.54) is 0 Å². The van der Waals surface area contributed by atoms with Crippen molar-refractivity contribution in [3.63, 3.8) is 0 Å². The van der Waals surface area contributed by atoms with E-state index in [0.717, 1.165) is 16.7 Å². The molecular weight excluding hydrogens is 338 g/mol. The number of carbonyl (C=O) groups excluding carboxylic acids is 2. The highest BCUT2D eigenvalue weighted by atomic mass is 16.2. The third kappa shape index (κ3) is 6.22. The summed E-state index contributed by atoms with van der Waals surface area (Å²) in [5.41, 5.74) is 9.41. The van der Waals surface area contributed by atoms with Crippen LogP contribution in [0.25, 0.3) is 11.1 Å². The highest BCUT2D eigenvalue weighted by molar-refractivity contribution is 5.94. The zero-order valence-electron chi connectivity index (χ0n) is 16.4. The van der Waals surface area contributed by atoms with Crippen LogP contribution in [0.2, 0.25) is 0 Å². The van der Waals surface area contributed by atoms with Gasteiger partial charge in [-0.15, -0.1) is 0 Å². The van der Waals surface area contributed by atoms with Crippen molar-refractivity contribution in [3.05, 3.63) is 59.7 Å². The molecule has 0 saturated carbocycles. The lowest BCUT2D eigenvalue weighted by Gasteiger charge is -2.20. The van der Waals surface area contributed by atoms with Crippen LogP contribution in [0.5, 0.6) is 0 Å². The van der Waals surface area contributed by atoms with Gasteiger partial charge in [0.25, 0.3) is 5.91 Å². The first kappa shape index (κ1) is 20.6. The van der Waals surface area contributed by atoms with Crippen LogP contribution in [0.1, 0.15) is 36.7 Å². The van der Waals surface area contributed by atoms with Gasteiger partial charge in [-0.05, 0) is 34.7 Å². The van der Waals surface area contributed by atoms with E-state index >= 15 is 0 Å². The zero-order chi connectivity index (χ0) is 19.8. The molecule has 5 nitrogen and oxygen atoms in total. The van der Waals surface area contributed by atoms with Gasteiger partial charge in [-0.2, -0.15) is 0 Å². The Bertz CT molecular complexity index is 752. The summed E-state index contributed by atoms with van der Waals surface area (Å²) in [4.78, 5) is 25.5. The second kappa shape index (κ2) is 9.88. The summed E-state index contributed by atoms with van der Waals surface area (Å²) >= 11 is 0. The van der Waals surface area contributed by atoms with Gasteiger partial charge in [0.15, 0.2) is 0 Å². The molecule has 0 aliphatic heterocycles. The molecule has 0 aliphatic carbocycles. The SMILES string of the molecule is CC(=O)N(CCN)Cc1ccc(-c2ccc(C(=O)NCC(C)C)cc2)cc1. The Morgan fingerprint density at radius 3 is 2.04 bits per heavy atom. The zero-order valence-corrected chi connectivity index (χ0v) is 16.4. The Morgan fingerprint density at radius 1 is 1.00 bits per heavy atom. The third-order valence-electron chi connectivity index (χ3n) is 4.32. The number of rotatable bonds is 8. The van der Waals surface area contributed by atoms with Crippen LogP contribution in [-0.4, -0.2) is 36.3 Å². The van der Waals surface area contributed by atoms with E-state index < -0.39 is 0 Å². The molecule has 144 valence electrons. The Morgan fingerprint density at radius 2 is 1.56 bits per heavy atom.